The smallest absolute Gasteiger partial charge is 0.237 e. The minimum absolute atomic E-state index is 0.0861. The highest BCUT2D eigenvalue weighted by Crippen LogP contribution is 2.33. The van der Waals surface area contributed by atoms with E-state index in [1.54, 1.807) is 11.3 Å². The van der Waals surface area contributed by atoms with Gasteiger partial charge in [0.05, 0.1) is 22.1 Å². The third-order valence-corrected chi connectivity index (χ3v) is 7.35. The molecule has 0 atom stereocenters. The molecule has 0 N–H and O–H groups in total. The zero-order valence-corrected chi connectivity index (χ0v) is 19.8. The van der Waals surface area contributed by atoms with E-state index in [1.165, 1.54) is 17.3 Å². The topological polar surface area (TPSA) is 63.9 Å². The highest BCUT2D eigenvalue weighted by atomic mass is 32.2. The third kappa shape index (κ3) is 3.84. The van der Waals surface area contributed by atoms with Gasteiger partial charge in [0.15, 0.2) is 5.16 Å². The monoisotopic (exact) mass is 461 g/mol. The molecule has 32 heavy (non-hydrogen) atoms. The van der Waals surface area contributed by atoms with Crippen LogP contribution < -0.4 is 4.90 Å². The molecule has 2 aromatic carbocycles. The fourth-order valence-electron chi connectivity index (χ4n) is 4.05. The lowest BCUT2D eigenvalue weighted by atomic mass is 10.1. The summed E-state index contributed by atoms with van der Waals surface area (Å²) in [4.78, 5) is 19.6. The van der Waals surface area contributed by atoms with Crippen LogP contribution in [-0.4, -0.2) is 38.0 Å². The number of thioether (sulfide) groups is 1. The lowest BCUT2D eigenvalue weighted by molar-refractivity contribution is -0.116. The second-order valence-electron chi connectivity index (χ2n) is 7.83. The van der Waals surface area contributed by atoms with Crippen molar-refractivity contribution in [1.82, 2.24) is 19.7 Å². The van der Waals surface area contributed by atoms with Gasteiger partial charge in [0, 0.05) is 23.2 Å². The summed E-state index contributed by atoms with van der Waals surface area (Å²) in [7, 11) is 0. The van der Waals surface area contributed by atoms with Crippen molar-refractivity contribution in [2.75, 3.05) is 17.2 Å². The maximum Gasteiger partial charge on any atom is 0.237 e. The summed E-state index contributed by atoms with van der Waals surface area (Å²) in [6.45, 7) is 6.72. The molecule has 6 nitrogen and oxygen atoms in total. The second-order valence-corrected chi connectivity index (χ2v) is 9.84. The van der Waals surface area contributed by atoms with Crippen LogP contribution in [0.1, 0.15) is 22.0 Å². The number of hydrogen-bond donors (Lipinski definition) is 0. The quantitative estimate of drug-likeness (QED) is 0.392. The van der Waals surface area contributed by atoms with Crippen LogP contribution in [0.15, 0.2) is 53.0 Å². The standard InChI is InChI=1S/C24H23N5OS2/c1-15-6-4-5-7-21(15)29-16(2)26-27-24(29)32-14-23(30)28-11-10-19-12-18(8-9-22(19)28)20-13-31-17(3)25-20/h4-9,12-13H,10-11,14H2,1-3H3. The Bertz CT molecular complexity index is 1310. The van der Waals surface area contributed by atoms with Crippen LogP contribution >= 0.6 is 23.1 Å². The van der Waals surface area contributed by atoms with E-state index < -0.39 is 0 Å². The summed E-state index contributed by atoms with van der Waals surface area (Å²) in [6.07, 6.45) is 0.862. The lowest BCUT2D eigenvalue weighted by Crippen LogP contribution is -2.30. The molecule has 3 heterocycles. The number of benzene rings is 2. The zero-order chi connectivity index (χ0) is 22.2. The SMILES string of the molecule is Cc1nc(-c2ccc3c(c2)CCN3C(=O)CSc2nnc(C)n2-c2ccccc2C)cs1. The van der Waals surface area contributed by atoms with E-state index in [4.69, 9.17) is 0 Å². The molecule has 5 rings (SSSR count). The minimum Gasteiger partial charge on any atom is -0.311 e. The van der Waals surface area contributed by atoms with Crippen molar-refractivity contribution in [1.29, 1.82) is 0 Å². The number of hydrogen-bond acceptors (Lipinski definition) is 6. The molecule has 162 valence electrons. The van der Waals surface area contributed by atoms with Gasteiger partial charge in [-0.15, -0.1) is 21.5 Å². The van der Waals surface area contributed by atoms with Crippen molar-refractivity contribution < 1.29 is 4.79 Å². The molecule has 0 aliphatic carbocycles. The van der Waals surface area contributed by atoms with Crippen LogP contribution in [-0.2, 0) is 11.2 Å². The van der Waals surface area contributed by atoms with Gasteiger partial charge in [-0.3, -0.25) is 9.36 Å². The maximum atomic E-state index is 13.1. The van der Waals surface area contributed by atoms with Crippen LogP contribution in [0.4, 0.5) is 5.69 Å². The Morgan fingerprint density at radius 1 is 1.09 bits per heavy atom. The second kappa shape index (κ2) is 8.52. The highest BCUT2D eigenvalue weighted by Gasteiger charge is 2.26. The molecule has 0 bridgehead atoms. The zero-order valence-electron chi connectivity index (χ0n) is 18.2. The molecule has 0 saturated heterocycles. The largest absolute Gasteiger partial charge is 0.311 e. The van der Waals surface area contributed by atoms with Gasteiger partial charge in [0.1, 0.15) is 5.82 Å². The fraction of sp³-hybridized carbons (Fsp3) is 0.250. The molecule has 2 aromatic heterocycles. The van der Waals surface area contributed by atoms with Crippen molar-refractivity contribution in [2.24, 2.45) is 0 Å². The van der Waals surface area contributed by atoms with Gasteiger partial charge in [-0.1, -0.05) is 36.0 Å². The van der Waals surface area contributed by atoms with Crippen LogP contribution in [0.5, 0.6) is 0 Å². The van der Waals surface area contributed by atoms with Crippen molar-refractivity contribution in [2.45, 2.75) is 32.3 Å². The first-order valence-corrected chi connectivity index (χ1v) is 12.3. The fourth-order valence-corrected chi connectivity index (χ4v) is 5.54. The number of para-hydroxylation sites is 1. The number of rotatable bonds is 5. The Hall–Kier alpha value is -2.97. The molecule has 1 amide bonds. The Morgan fingerprint density at radius 3 is 2.72 bits per heavy atom. The van der Waals surface area contributed by atoms with Crippen molar-refractivity contribution in [3.63, 3.8) is 0 Å². The molecule has 0 unspecified atom stereocenters. The Morgan fingerprint density at radius 2 is 1.94 bits per heavy atom. The number of thiazole rings is 1. The molecule has 1 aliphatic heterocycles. The van der Waals surface area contributed by atoms with Gasteiger partial charge in [0.2, 0.25) is 5.91 Å². The highest BCUT2D eigenvalue weighted by molar-refractivity contribution is 7.99. The summed E-state index contributed by atoms with van der Waals surface area (Å²) >= 11 is 3.09. The molecule has 1 aliphatic rings. The lowest BCUT2D eigenvalue weighted by Gasteiger charge is -2.17. The van der Waals surface area contributed by atoms with E-state index in [0.717, 1.165) is 50.6 Å². The van der Waals surface area contributed by atoms with Gasteiger partial charge >= 0.3 is 0 Å². The van der Waals surface area contributed by atoms with Gasteiger partial charge in [-0.2, -0.15) is 0 Å². The summed E-state index contributed by atoms with van der Waals surface area (Å²) in [5.41, 5.74) is 6.50. The third-order valence-electron chi connectivity index (χ3n) is 5.67. The first-order valence-electron chi connectivity index (χ1n) is 10.5. The van der Waals surface area contributed by atoms with E-state index in [0.29, 0.717) is 12.3 Å². The Kier molecular flexibility index (Phi) is 5.57. The Balaban J connectivity index is 1.32. The number of anilines is 1. The number of fused-ring (bicyclic) bond motifs is 1. The van der Waals surface area contributed by atoms with Crippen LogP contribution in [0.3, 0.4) is 0 Å². The van der Waals surface area contributed by atoms with Crippen molar-refractivity contribution in [3.8, 4) is 16.9 Å². The van der Waals surface area contributed by atoms with Crippen molar-refractivity contribution in [3.05, 3.63) is 69.8 Å². The predicted molar refractivity (Wildman–Crippen MR) is 130 cm³/mol. The molecule has 4 aromatic rings. The van der Waals surface area contributed by atoms with E-state index in [1.807, 2.05) is 35.4 Å². The molecule has 0 radical (unpaired) electrons. The average molecular weight is 462 g/mol. The summed E-state index contributed by atoms with van der Waals surface area (Å²) in [5.74, 6) is 1.21. The van der Waals surface area contributed by atoms with Crippen LogP contribution in [0.25, 0.3) is 16.9 Å². The number of carbonyl (C=O) groups excluding carboxylic acids is 1. The number of amides is 1. The number of nitrogens with zero attached hydrogens (tertiary/aromatic N) is 5. The van der Waals surface area contributed by atoms with E-state index in [9.17, 15) is 4.79 Å². The number of aromatic nitrogens is 4. The van der Waals surface area contributed by atoms with E-state index in [-0.39, 0.29) is 5.91 Å². The molecular formula is C24H23N5OS2. The molecule has 8 heteroatoms. The molecule has 0 saturated carbocycles. The van der Waals surface area contributed by atoms with Gasteiger partial charge in [-0.05, 0) is 56.5 Å². The first kappa shape index (κ1) is 20.9. The van der Waals surface area contributed by atoms with E-state index in [2.05, 4.69) is 57.8 Å². The summed E-state index contributed by atoms with van der Waals surface area (Å²) in [6, 6.07) is 14.4. The van der Waals surface area contributed by atoms with E-state index >= 15 is 0 Å². The summed E-state index contributed by atoms with van der Waals surface area (Å²) < 4.78 is 2.02. The molecule has 0 fully saturated rings. The molecular weight excluding hydrogens is 438 g/mol. The predicted octanol–water partition coefficient (Wildman–Crippen LogP) is 5.00. The normalized spacial score (nSPS) is 12.9. The van der Waals surface area contributed by atoms with Crippen molar-refractivity contribution >= 4 is 34.7 Å². The van der Waals surface area contributed by atoms with Gasteiger partial charge in [-0.25, -0.2) is 4.98 Å². The Labute approximate surface area is 195 Å². The van der Waals surface area contributed by atoms with Crippen LogP contribution in [0.2, 0.25) is 0 Å². The van der Waals surface area contributed by atoms with Gasteiger partial charge in [0.25, 0.3) is 0 Å². The number of carbonyl (C=O) groups is 1. The van der Waals surface area contributed by atoms with Crippen LogP contribution in [0, 0.1) is 20.8 Å². The summed E-state index contributed by atoms with van der Waals surface area (Å²) in [5, 5.41) is 12.4. The minimum atomic E-state index is 0.0861. The average Bonchev–Trinajstić information content (AvgIpc) is 3.50. The number of aryl methyl sites for hydroxylation is 3. The van der Waals surface area contributed by atoms with Gasteiger partial charge < -0.3 is 4.90 Å². The first-order chi connectivity index (χ1) is 15.5. The maximum absolute atomic E-state index is 13.1. The molecule has 0 spiro atoms.